The normalized spacial score (nSPS) is 13.5. The lowest BCUT2D eigenvalue weighted by atomic mass is 10.1. The van der Waals surface area contributed by atoms with E-state index >= 15 is 0 Å². The Hall–Kier alpha value is -4.08. The molecule has 4 N–H and O–H groups in total. The van der Waals surface area contributed by atoms with Crippen molar-refractivity contribution >= 4 is 23.1 Å². The molecule has 0 atom stereocenters. The molecule has 0 unspecified atom stereocenters. The Bertz CT molecular complexity index is 1210. The summed E-state index contributed by atoms with van der Waals surface area (Å²) in [6.07, 6.45) is 7.37. The van der Waals surface area contributed by atoms with Crippen LogP contribution in [0, 0.1) is 0 Å². The Morgan fingerprint density at radius 2 is 2.03 bits per heavy atom. The summed E-state index contributed by atoms with van der Waals surface area (Å²) in [5.41, 5.74) is 10.7. The number of amides is 2. The van der Waals surface area contributed by atoms with Crippen LogP contribution >= 0.6 is 0 Å². The third kappa shape index (κ3) is 4.80. The van der Waals surface area contributed by atoms with Gasteiger partial charge in [0.1, 0.15) is 5.65 Å². The molecule has 3 aromatic rings. The van der Waals surface area contributed by atoms with Gasteiger partial charge < -0.3 is 15.4 Å². The number of pyridine rings is 1. The van der Waals surface area contributed by atoms with Crippen molar-refractivity contribution < 1.29 is 18.3 Å². The third-order valence-electron chi connectivity index (χ3n) is 4.74. The number of hydrogen-bond donors (Lipinski definition) is 4. The third-order valence-corrected chi connectivity index (χ3v) is 4.74. The second-order valence-electron chi connectivity index (χ2n) is 7.31. The highest BCUT2D eigenvalue weighted by atomic mass is 19.3. The van der Waals surface area contributed by atoms with Crippen molar-refractivity contribution in [2.24, 2.45) is 0 Å². The molecule has 2 amide bonds. The van der Waals surface area contributed by atoms with Crippen LogP contribution in [0.25, 0.3) is 22.6 Å². The molecule has 0 saturated carbocycles. The van der Waals surface area contributed by atoms with Crippen LogP contribution < -0.4 is 21.5 Å². The van der Waals surface area contributed by atoms with Crippen molar-refractivity contribution in [2.75, 3.05) is 19.0 Å². The molecule has 3 heterocycles. The number of imidazole rings is 1. The summed E-state index contributed by atoms with van der Waals surface area (Å²) in [6.45, 7) is 0.00643. The number of halogens is 2. The molecular weight excluding hydrogens is 418 g/mol. The number of hydrazine groups is 1. The van der Waals surface area contributed by atoms with Crippen LogP contribution in [0.2, 0.25) is 0 Å². The summed E-state index contributed by atoms with van der Waals surface area (Å²) in [5, 5.41) is 4.73. The van der Waals surface area contributed by atoms with E-state index in [2.05, 4.69) is 26.5 Å². The topological polar surface area (TPSA) is 91.7 Å². The van der Waals surface area contributed by atoms with E-state index in [0.717, 1.165) is 35.1 Å². The predicted octanol–water partition coefficient (Wildman–Crippen LogP) is 3.71. The summed E-state index contributed by atoms with van der Waals surface area (Å²) in [4.78, 5) is 16.4. The van der Waals surface area contributed by atoms with Crippen LogP contribution in [0.1, 0.15) is 12.5 Å². The minimum atomic E-state index is -2.98. The molecule has 0 spiro atoms. The molecule has 32 heavy (non-hydrogen) atoms. The number of hydrogen-bond acceptors (Lipinski definition) is 5. The van der Waals surface area contributed by atoms with Gasteiger partial charge in [0, 0.05) is 36.0 Å². The van der Waals surface area contributed by atoms with Gasteiger partial charge in [-0.3, -0.25) is 15.3 Å². The summed E-state index contributed by atoms with van der Waals surface area (Å²) >= 11 is 0. The average Bonchev–Trinajstić information content (AvgIpc) is 3.21. The molecular formula is C22H22F2N6O2. The fraction of sp³-hybridized carbons (Fsp3) is 0.182. The van der Waals surface area contributed by atoms with E-state index in [1.54, 1.807) is 31.5 Å². The van der Waals surface area contributed by atoms with Gasteiger partial charge in [0.25, 0.3) is 5.92 Å². The molecule has 2 aromatic heterocycles. The molecule has 4 rings (SSSR count). The monoisotopic (exact) mass is 440 g/mol. The lowest BCUT2D eigenvalue weighted by Gasteiger charge is -2.18. The van der Waals surface area contributed by atoms with Crippen molar-refractivity contribution in [2.45, 2.75) is 12.8 Å². The number of aromatic nitrogens is 2. The molecule has 10 heteroatoms. The summed E-state index contributed by atoms with van der Waals surface area (Å²) < 4.78 is 32.9. The zero-order valence-electron chi connectivity index (χ0n) is 17.4. The Balaban J connectivity index is 1.54. The number of allylic oxidation sites excluding steroid dienone is 2. The van der Waals surface area contributed by atoms with Crippen LogP contribution in [0.5, 0.6) is 0 Å². The Morgan fingerprint density at radius 3 is 2.75 bits per heavy atom. The van der Waals surface area contributed by atoms with Crippen LogP contribution in [-0.4, -0.2) is 35.0 Å². The van der Waals surface area contributed by atoms with Crippen molar-refractivity contribution in [3.8, 4) is 11.3 Å². The summed E-state index contributed by atoms with van der Waals surface area (Å²) in [7, 11) is 1.58. The molecule has 1 aliphatic heterocycles. The molecule has 8 nitrogen and oxygen atoms in total. The minimum Gasteiger partial charge on any atom is -0.481 e. The number of alkyl halides is 2. The molecule has 0 saturated heterocycles. The van der Waals surface area contributed by atoms with Crippen molar-refractivity contribution in [1.29, 1.82) is 0 Å². The van der Waals surface area contributed by atoms with Crippen LogP contribution in [0.3, 0.4) is 0 Å². The maximum absolute atomic E-state index is 12.9. The number of fused-ring (bicyclic) bond motifs is 1. The van der Waals surface area contributed by atoms with E-state index in [4.69, 9.17) is 4.74 Å². The standard InChI is InChI=1S/C22H22F2N6O2/c1-22(23,24)13-26-21(31)27-16-5-3-4-15(10-16)18-12-25-19-11-14(8-9-30(18)19)17-6-7-20(32-2)29-28-17/h3-12,28-29H,13H2,1-2H3,(H2,26,27,31). The number of anilines is 1. The number of carbonyl (C=O) groups is 1. The second kappa shape index (κ2) is 8.58. The van der Waals surface area contributed by atoms with Gasteiger partial charge in [-0.05, 0) is 30.3 Å². The molecule has 0 aliphatic carbocycles. The number of rotatable bonds is 6. The summed E-state index contributed by atoms with van der Waals surface area (Å²) in [5.74, 6) is -2.36. The van der Waals surface area contributed by atoms with E-state index < -0.39 is 18.5 Å². The lowest BCUT2D eigenvalue weighted by Crippen LogP contribution is -2.37. The molecule has 0 radical (unpaired) electrons. The number of benzene rings is 1. The number of carbonyl (C=O) groups excluding carboxylic acids is 1. The number of nitrogens with one attached hydrogen (secondary N) is 4. The van der Waals surface area contributed by atoms with Crippen LogP contribution in [-0.2, 0) is 4.74 Å². The molecule has 166 valence electrons. The average molecular weight is 440 g/mol. The minimum absolute atomic E-state index is 0.481. The fourth-order valence-electron chi connectivity index (χ4n) is 3.19. The van der Waals surface area contributed by atoms with Gasteiger partial charge in [-0.25, -0.2) is 18.6 Å². The van der Waals surface area contributed by atoms with E-state index in [0.29, 0.717) is 11.6 Å². The first-order valence-electron chi connectivity index (χ1n) is 9.81. The van der Waals surface area contributed by atoms with Gasteiger partial charge in [0.15, 0.2) is 0 Å². The number of urea groups is 1. The Morgan fingerprint density at radius 1 is 1.19 bits per heavy atom. The van der Waals surface area contributed by atoms with Gasteiger partial charge in [-0.15, -0.1) is 0 Å². The van der Waals surface area contributed by atoms with Crippen molar-refractivity contribution in [1.82, 2.24) is 25.6 Å². The fourth-order valence-corrected chi connectivity index (χ4v) is 3.19. The molecule has 0 bridgehead atoms. The number of nitrogens with zero attached hydrogens (tertiary/aromatic N) is 2. The van der Waals surface area contributed by atoms with E-state index in [1.807, 2.05) is 40.9 Å². The van der Waals surface area contributed by atoms with Crippen LogP contribution in [0.15, 0.2) is 66.8 Å². The van der Waals surface area contributed by atoms with Gasteiger partial charge in [0.05, 0.1) is 31.2 Å². The quantitative estimate of drug-likeness (QED) is 0.469. The number of methoxy groups -OCH3 is 1. The van der Waals surface area contributed by atoms with Gasteiger partial charge >= 0.3 is 6.03 Å². The SMILES string of the molecule is COC1=CC=C(c2ccn3c(-c4cccc(NC(=O)NCC(C)(F)F)c4)cnc3c2)NN1. The van der Waals surface area contributed by atoms with Gasteiger partial charge in [-0.1, -0.05) is 12.1 Å². The highest BCUT2D eigenvalue weighted by Gasteiger charge is 2.21. The van der Waals surface area contributed by atoms with E-state index in [-0.39, 0.29) is 0 Å². The molecule has 0 fully saturated rings. The highest BCUT2D eigenvalue weighted by molar-refractivity contribution is 5.90. The van der Waals surface area contributed by atoms with E-state index in [1.165, 1.54) is 0 Å². The lowest BCUT2D eigenvalue weighted by molar-refractivity contribution is 0.0257. The zero-order chi connectivity index (χ0) is 22.7. The first kappa shape index (κ1) is 21.2. The smallest absolute Gasteiger partial charge is 0.319 e. The van der Waals surface area contributed by atoms with Gasteiger partial charge in [0.2, 0.25) is 5.88 Å². The second-order valence-corrected chi connectivity index (χ2v) is 7.31. The maximum Gasteiger partial charge on any atom is 0.319 e. The first-order chi connectivity index (χ1) is 15.3. The van der Waals surface area contributed by atoms with Crippen LogP contribution in [0.4, 0.5) is 19.3 Å². The molecule has 1 aliphatic rings. The highest BCUT2D eigenvalue weighted by Crippen LogP contribution is 2.25. The van der Waals surface area contributed by atoms with Gasteiger partial charge in [-0.2, -0.15) is 0 Å². The van der Waals surface area contributed by atoms with Crippen molar-refractivity contribution in [3.05, 3.63) is 72.4 Å². The van der Waals surface area contributed by atoms with Crippen molar-refractivity contribution in [3.63, 3.8) is 0 Å². The predicted molar refractivity (Wildman–Crippen MR) is 118 cm³/mol. The largest absolute Gasteiger partial charge is 0.481 e. The number of ether oxygens (including phenoxy) is 1. The first-order valence-corrected chi connectivity index (χ1v) is 9.81. The Labute approximate surface area is 183 Å². The Kier molecular flexibility index (Phi) is 5.67. The zero-order valence-corrected chi connectivity index (χ0v) is 17.4. The maximum atomic E-state index is 12.9. The molecule has 1 aromatic carbocycles. The van der Waals surface area contributed by atoms with E-state index in [9.17, 15) is 13.6 Å². The summed E-state index contributed by atoms with van der Waals surface area (Å²) in [6, 6.07) is 10.3.